The minimum Gasteiger partial charge on any atom is -0.497 e. The highest BCUT2D eigenvalue weighted by Crippen LogP contribution is 2.34. The van der Waals surface area contributed by atoms with Gasteiger partial charge in [0.1, 0.15) is 11.5 Å². The molecule has 0 saturated heterocycles. The van der Waals surface area contributed by atoms with Crippen molar-refractivity contribution in [3.63, 3.8) is 0 Å². The quantitative estimate of drug-likeness (QED) is 0.746. The molecule has 8 nitrogen and oxygen atoms in total. The molecule has 2 aromatic rings. The molecule has 29 heavy (non-hydrogen) atoms. The fourth-order valence-corrected chi connectivity index (χ4v) is 4.58. The van der Waals surface area contributed by atoms with Crippen LogP contribution in [0.3, 0.4) is 0 Å². The van der Waals surface area contributed by atoms with Gasteiger partial charge in [-0.3, -0.25) is 9.59 Å². The maximum atomic E-state index is 13.0. The summed E-state index contributed by atoms with van der Waals surface area (Å²) in [7, 11) is -2.24. The van der Waals surface area contributed by atoms with Crippen molar-refractivity contribution in [2.24, 2.45) is 0 Å². The van der Waals surface area contributed by atoms with Gasteiger partial charge >= 0.3 is 0 Å². The number of anilines is 2. The smallest absolute Gasteiger partial charge is 0.262 e. The van der Waals surface area contributed by atoms with Crippen LogP contribution in [0.25, 0.3) is 0 Å². The molecule has 3 rings (SSSR count). The first-order valence-electron chi connectivity index (χ1n) is 8.96. The first-order chi connectivity index (χ1) is 13.7. The minimum absolute atomic E-state index is 0.0807. The Hall–Kier alpha value is -3.07. The minimum atomic E-state index is -3.79. The van der Waals surface area contributed by atoms with Crippen molar-refractivity contribution in [3.05, 3.63) is 42.0 Å². The molecule has 154 valence electrons. The molecular weight excluding hydrogens is 396 g/mol. The second-order valence-electron chi connectivity index (χ2n) is 6.79. The van der Waals surface area contributed by atoms with E-state index in [0.29, 0.717) is 28.4 Å². The number of rotatable bonds is 6. The molecule has 1 heterocycles. The van der Waals surface area contributed by atoms with E-state index >= 15 is 0 Å². The molecule has 1 atom stereocenters. The van der Waals surface area contributed by atoms with Gasteiger partial charge in [0.2, 0.25) is 5.91 Å². The van der Waals surface area contributed by atoms with Crippen LogP contribution < -0.4 is 20.1 Å². The van der Waals surface area contributed by atoms with Crippen LogP contribution in [0, 0.1) is 6.92 Å². The third kappa shape index (κ3) is 4.51. The van der Waals surface area contributed by atoms with Crippen molar-refractivity contribution in [1.82, 2.24) is 0 Å². The van der Waals surface area contributed by atoms with Crippen molar-refractivity contribution in [1.29, 1.82) is 0 Å². The van der Waals surface area contributed by atoms with Gasteiger partial charge < -0.3 is 20.1 Å². The number of fused-ring (bicyclic) bond motifs is 1. The van der Waals surface area contributed by atoms with Gasteiger partial charge in [0.15, 0.2) is 16.4 Å². The van der Waals surface area contributed by atoms with E-state index < -0.39 is 21.0 Å². The van der Waals surface area contributed by atoms with Crippen LogP contribution in [0.4, 0.5) is 11.4 Å². The standard InChI is InChI=1S/C20H22N2O6S/c1-12-8-16-17(28-11-20(24)22-16)10-18(12)29(25,26)13(2)9-19(23)21-14-4-6-15(27-3)7-5-14/h4-8,10,13H,9,11H2,1-3H3,(H,21,23)(H,22,24)/t13-/m1/s1. The van der Waals surface area contributed by atoms with Gasteiger partial charge in [-0.2, -0.15) is 0 Å². The normalized spacial score (nSPS) is 14.2. The van der Waals surface area contributed by atoms with Gasteiger partial charge in [0, 0.05) is 18.2 Å². The lowest BCUT2D eigenvalue weighted by molar-refractivity contribution is -0.118. The molecule has 2 amide bonds. The topological polar surface area (TPSA) is 111 Å². The van der Waals surface area contributed by atoms with Crippen molar-refractivity contribution < 1.29 is 27.5 Å². The van der Waals surface area contributed by atoms with E-state index in [1.807, 2.05) is 0 Å². The van der Waals surface area contributed by atoms with Gasteiger partial charge in [-0.25, -0.2) is 8.42 Å². The first kappa shape index (κ1) is 20.7. The number of amides is 2. The van der Waals surface area contributed by atoms with Crippen LogP contribution in [0.1, 0.15) is 18.9 Å². The Kier molecular flexibility index (Phi) is 5.78. The van der Waals surface area contributed by atoms with Crippen LogP contribution >= 0.6 is 0 Å². The average Bonchev–Trinajstić information content (AvgIpc) is 2.67. The van der Waals surface area contributed by atoms with Gasteiger partial charge in [-0.1, -0.05) is 0 Å². The Morgan fingerprint density at radius 3 is 2.62 bits per heavy atom. The highest BCUT2D eigenvalue weighted by molar-refractivity contribution is 7.92. The van der Waals surface area contributed by atoms with Gasteiger partial charge in [0.25, 0.3) is 5.91 Å². The second kappa shape index (κ2) is 8.12. The van der Waals surface area contributed by atoms with Crippen LogP contribution in [0.2, 0.25) is 0 Å². The summed E-state index contributed by atoms with van der Waals surface area (Å²) < 4.78 is 36.5. The Morgan fingerprint density at radius 1 is 1.28 bits per heavy atom. The molecule has 2 aromatic carbocycles. The zero-order chi connectivity index (χ0) is 21.2. The zero-order valence-electron chi connectivity index (χ0n) is 16.3. The van der Waals surface area contributed by atoms with Crippen LogP contribution in [0.15, 0.2) is 41.3 Å². The number of hydrogen-bond acceptors (Lipinski definition) is 6. The molecule has 2 N–H and O–H groups in total. The third-order valence-corrected chi connectivity index (χ3v) is 6.87. The highest BCUT2D eigenvalue weighted by Gasteiger charge is 2.29. The first-order valence-corrected chi connectivity index (χ1v) is 10.5. The van der Waals surface area contributed by atoms with Crippen molar-refractivity contribution in [2.75, 3.05) is 24.4 Å². The number of methoxy groups -OCH3 is 1. The molecule has 9 heteroatoms. The van der Waals surface area contributed by atoms with Crippen LogP contribution in [-0.2, 0) is 19.4 Å². The largest absolute Gasteiger partial charge is 0.497 e. The lowest BCUT2D eigenvalue weighted by Crippen LogP contribution is -2.27. The lowest BCUT2D eigenvalue weighted by Gasteiger charge is -2.21. The van der Waals surface area contributed by atoms with E-state index in [1.54, 1.807) is 44.4 Å². The number of carbonyl (C=O) groups is 2. The summed E-state index contributed by atoms with van der Waals surface area (Å²) in [5.41, 5.74) is 1.45. The average molecular weight is 418 g/mol. The molecule has 0 saturated carbocycles. The van der Waals surface area contributed by atoms with Gasteiger partial charge in [0.05, 0.1) is 22.9 Å². The third-order valence-electron chi connectivity index (χ3n) is 4.59. The summed E-state index contributed by atoms with van der Waals surface area (Å²) in [5.74, 6) is 0.241. The fourth-order valence-electron chi connectivity index (χ4n) is 3.00. The van der Waals surface area contributed by atoms with Gasteiger partial charge in [-0.15, -0.1) is 0 Å². The molecule has 1 aliphatic heterocycles. The van der Waals surface area contributed by atoms with Crippen molar-refractivity contribution in [3.8, 4) is 11.5 Å². The zero-order valence-corrected chi connectivity index (χ0v) is 17.1. The summed E-state index contributed by atoms with van der Waals surface area (Å²) in [6.07, 6.45) is -0.206. The molecule has 0 radical (unpaired) electrons. The van der Waals surface area contributed by atoms with E-state index in [0.717, 1.165) is 0 Å². The van der Waals surface area contributed by atoms with Gasteiger partial charge in [-0.05, 0) is 49.7 Å². The maximum absolute atomic E-state index is 13.0. The predicted molar refractivity (Wildman–Crippen MR) is 108 cm³/mol. The van der Waals surface area contributed by atoms with E-state index in [9.17, 15) is 18.0 Å². The molecule has 0 aliphatic carbocycles. The number of aryl methyl sites for hydroxylation is 1. The fraction of sp³-hybridized carbons (Fsp3) is 0.300. The summed E-state index contributed by atoms with van der Waals surface area (Å²) in [4.78, 5) is 23.8. The van der Waals surface area contributed by atoms with Crippen molar-refractivity contribution >= 4 is 33.0 Å². The molecule has 0 spiro atoms. The number of ether oxygens (including phenoxy) is 2. The van der Waals surface area contributed by atoms with E-state index in [2.05, 4.69) is 10.6 Å². The Balaban J connectivity index is 1.74. The van der Waals surface area contributed by atoms with E-state index in [4.69, 9.17) is 9.47 Å². The van der Waals surface area contributed by atoms with Crippen LogP contribution in [-0.4, -0.2) is 39.2 Å². The maximum Gasteiger partial charge on any atom is 0.262 e. The summed E-state index contributed by atoms with van der Waals surface area (Å²) in [6, 6.07) is 9.71. The van der Waals surface area contributed by atoms with E-state index in [-0.39, 0.29) is 23.8 Å². The SMILES string of the molecule is COc1ccc(NC(=O)C[C@@H](C)S(=O)(=O)c2cc3c(cc2C)NC(=O)CO3)cc1. The van der Waals surface area contributed by atoms with Crippen LogP contribution in [0.5, 0.6) is 11.5 Å². The second-order valence-corrected chi connectivity index (χ2v) is 9.12. The number of benzene rings is 2. The molecule has 0 bridgehead atoms. The molecular formula is C20H22N2O6S. The lowest BCUT2D eigenvalue weighted by atomic mass is 10.2. The summed E-state index contributed by atoms with van der Waals surface area (Å²) in [6.45, 7) is 2.96. The number of hydrogen-bond donors (Lipinski definition) is 2. The Morgan fingerprint density at radius 2 is 1.97 bits per heavy atom. The summed E-state index contributed by atoms with van der Waals surface area (Å²) >= 11 is 0. The number of sulfone groups is 1. The number of nitrogens with one attached hydrogen (secondary N) is 2. The Bertz CT molecular complexity index is 1050. The predicted octanol–water partition coefficient (Wildman–Crippen LogP) is 2.53. The Labute approximate surface area is 169 Å². The van der Waals surface area contributed by atoms with Crippen molar-refractivity contribution in [2.45, 2.75) is 30.4 Å². The molecule has 0 aromatic heterocycles. The molecule has 1 aliphatic rings. The highest BCUT2D eigenvalue weighted by atomic mass is 32.2. The monoisotopic (exact) mass is 418 g/mol. The molecule has 0 unspecified atom stereocenters. The van der Waals surface area contributed by atoms with E-state index in [1.165, 1.54) is 13.0 Å². The number of carbonyl (C=O) groups excluding carboxylic acids is 2. The summed E-state index contributed by atoms with van der Waals surface area (Å²) in [5, 5.41) is 4.38. The molecule has 0 fully saturated rings.